The molecule has 17 heavy (non-hydrogen) atoms. The molecule has 1 aromatic rings. The summed E-state index contributed by atoms with van der Waals surface area (Å²) in [5.41, 5.74) is 0.351. The van der Waals surface area contributed by atoms with Crippen molar-refractivity contribution in [1.29, 1.82) is 0 Å². The van der Waals surface area contributed by atoms with Crippen LogP contribution in [0.25, 0.3) is 0 Å². The maximum Gasteiger partial charge on any atom is 0.263 e. The molecular weight excluding hydrogens is 228 g/mol. The lowest BCUT2D eigenvalue weighted by molar-refractivity contribution is 0.0140. The summed E-state index contributed by atoms with van der Waals surface area (Å²) in [5.74, 6) is 0. The fourth-order valence-electron chi connectivity index (χ4n) is 1.51. The van der Waals surface area contributed by atoms with Gasteiger partial charge in [-0.1, -0.05) is 24.3 Å². The predicted octanol–water partition coefficient (Wildman–Crippen LogP) is 1.63. The lowest BCUT2D eigenvalue weighted by Gasteiger charge is -2.18. The van der Waals surface area contributed by atoms with Crippen molar-refractivity contribution in [3.63, 3.8) is 0 Å². The number of hydrogen-bond acceptors (Lipinski definition) is 3. The Bertz CT molecular complexity index is 330. The zero-order valence-electron chi connectivity index (χ0n) is 9.61. The molecule has 5 heteroatoms. The summed E-state index contributed by atoms with van der Waals surface area (Å²) in [6.45, 7) is 0.577. The monoisotopic (exact) mass is 245 g/mol. The van der Waals surface area contributed by atoms with Crippen LogP contribution < -0.4 is 5.32 Å². The minimum atomic E-state index is -2.52. The molecule has 0 fully saturated rings. The Morgan fingerprint density at radius 3 is 2.12 bits per heavy atom. The third kappa shape index (κ3) is 4.03. The van der Waals surface area contributed by atoms with E-state index in [0.29, 0.717) is 18.5 Å². The molecule has 0 amide bonds. The van der Waals surface area contributed by atoms with Crippen LogP contribution in [0.15, 0.2) is 24.3 Å². The highest BCUT2D eigenvalue weighted by Gasteiger charge is 2.18. The molecule has 0 aliphatic heterocycles. The van der Waals surface area contributed by atoms with E-state index in [4.69, 9.17) is 0 Å². The van der Waals surface area contributed by atoms with Crippen molar-refractivity contribution in [3.05, 3.63) is 35.4 Å². The second kappa shape index (κ2) is 6.64. The van der Waals surface area contributed by atoms with Gasteiger partial charge in [0.1, 0.15) is 6.10 Å². The highest BCUT2D eigenvalue weighted by molar-refractivity contribution is 5.25. The van der Waals surface area contributed by atoms with Crippen molar-refractivity contribution < 1.29 is 19.0 Å². The van der Waals surface area contributed by atoms with Gasteiger partial charge in [0, 0.05) is 5.56 Å². The van der Waals surface area contributed by atoms with Crippen molar-refractivity contribution >= 4 is 0 Å². The SMILES string of the molecule is CNCCC(O)C(O)c1ccc(C(F)F)cc1. The zero-order valence-corrected chi connectivity index (χ0v) is 9.61. The number of halogens is 2. The van der Waals surface area contributed by atoms with E-state index in [1.807, 2.05) is 0 Å². The summed E-state index contributed by atoms with van der Waals surface area (Å²) >= 11 is 0. The first-order valence-electron chi connectivity index (χ1n) is 5.45. The minimum absolute atomic E-state index is 0.0920. The first-order chi connectivity index (χ1) is 8.06. The van der Waals surface area contributed by atoms with Crippen LogP contribution in [0.4, 0.5) is 8.78 Å². The van der Waals surface area contributed by atoms with Gasteiger partial charge in [-0.05, 0) is 25.6 Å². The summed E-state index contributed by atoms with van der Waals surface area (Å²) in [7, 11) is 1.75. The molecule has 0 saturated heterocycles. The van der Waals surface area contributed by atoms with Gasteiger partial charge in [0.05, 0.1) is 6.10 Å². The van der Waals surface area contributed by atoms with Crippen molar-refractivity contribution in [2.24, 2.45) is 0 Å². The van der Waals surface area contributed by atoms with Gasteiger partial charge in [-0.3, -0.25) is 0 Å². The van der Waals surface area contributed by atoms with E-state index in [1.54, 1.807) is 7.05 Å². The van der Waals surface area contributed by atoms with E-state index in [-0.39, 0.29) is 5.56 Å². The Morgan fingerprint density at radius 1 is 1.12 bits per heavy atom. The molecule has 0 bridgehead atoms. The van der Waals surface area contributed by atoms with Gasteiger partial charge in [-0.25, -0.2) is 8.78 Å². The smallest absolute Gasteiger partial charge is 0.263 e. The van der Waals surface area contributed by atoms with Gasteiger partial charge in [-0.15, -0.1) is 0 Å². The fraction of sp³-hybridized carbons (Fsp3) is 0.500. The van der Waals surface area contributed by atoms with Crippen LogP contribution in [0.1, 0.15) is 30.1 Å². The number of hydrogen-bond donors (Lipinski definition) is 3. The molecule has 3 N–H and O–H groups in total. The number of nitrogens with one attached hydrogen (secondary N) is 1. The van der Waals surface area contributed by atoms with E-state index in [0.717, 1.165) is 0 Å². The Labute approximate surface area is 99.1 Å². The molecule has 0 saturated carbocycles. The van der Waals surface area contributed by atoms with Gasteiger partial charge >= 0.3 is 0 Å². The average molecular weight is 245 g/mol. The van der Waals surface area contributed by atoms with E-state index in [2.05, 4.69) is 5.32 Å². The van der Waals surface area contributed by atoms with Gasteiger partial charge in [0.2, 0.25) is 0 Å². The average Bonchev–Trinajstić information content (AvgIpc) is 2.35. The van der Waals surface area contributed by atoms with E-state index in [1.165, 1.54) is 24.3 Å². The lowest BCUT2D eigenvalue weighted by Crippen LogP contribution is -2.23. The molecule has 2 unspecified atom stereocenters. The molecule has 0 radical (unpaired) electrons. The number of aliphatic hydroxyl groups excluding tert-OH is 2. The summed E-state index contributed by atoms with van der Waals surface area (Å²) in [4.78, 5) is 0. The van der Waals surface area contributed by atoms with Crippen molar-refractivity contribution in [2.75, 3.05) is 13.6 Å². The van der Waals surface area contributed by atoms with E-state index >= 15 is 0 Å². The van der Waals surface area contributed by atoms with Crippen LogP contribution in [0, 0.1) is 0 Å². The van der Waals surface area contributed by atoms with Crippen molar-refractivity contribution in [1.82, 2.24) is 5.32 Å². The number of aliphatic hydroxyl groups is 2. The van der Waals surface area contributed by atoms with Crippen LogP contribution >= 0.6 is 0 Å². The Kier molecular flexibility index (Phi) is 5.47. The lowest BCUT2D eigenvalue weighted by atomic mass is 10.0. The maximum atomic E-state index is 12.3. The van der Waals surface area contributed by atoms with Gasteiger partial charge in [0.25, 0.3) is 6.43 Å². The molecule has 2 atom stereocenters. The molecule has 1 rings (SSSR count). The highest BCUT2D eigenvalue weighted by atomic mass is 19.3. The van der Waals surface area contributed by atoms with Crippen molar-refractivity contribution in [3.8, 4) is 0 Å². The summed E-state index contributed by atoms with van der Waals surface area (Å²) in [6, 6.07) is 5.34. The van der Waals surface area contributed by atoms with E-state index in [9.17, 15) is 19.0 Å². The van der Waals surface area contributed by atoms with Crippen LogP contribution in [0.5, 0.6) is 0 Å². The first-order valence-corrected chi connectivity index (χ1v) is 5.45. The van der Waals surface area contributed by atoms with E-state index < -0.39 is 18.6 Å². The normalized spacial score (nSPS) is 14.9. The van der Waals surface area contributed by atoms with Gasteiger partial charge in [-0.2, -0.15) is 0 Å². The standard InChI is InChI=1S/C12H17F2NO2/c1-15-7-6-10(16)11(17)8-2-4-9(5-3-8)12(13)14/h2-5,10-12,15-17H,6-7H2,1H3. The highest BCUT2D eigenvalue weighted by Crippen LogP contribution is 2.23. The third-order valence-electron chi connectivity index (χ3n) is 2.58. The van der Waals surface area contributed by atoms with Crippen molar-refractivity contribution in [2.45, 2.75) is 25.1 Å². The first kappa shape index (κ1) is 14.0. The molecular formula is C12H17F2NO2. The van der Waals surface area contributed by atoms with Gasteiger partial charge in [0.15, 0.2) is 0 Å². The topological polar surface area (TPSA) is 52.5 Å². The molecule has 1 aromatic carbocycles. The van der Waals surface area contributed by atoms with Crippen LogP contribution in [0.3, 0.4) is 0 Å². The summed E-state index contributed by atoms with van der Waals surface area (Å²) in [5, 5.41) is 22.3. The van der Waals surface area contributed by atoms with Gasteiger partial charge < -0.3 is 15.5 Å². The Hall–Kier alpha value is -1.04. The number of benzene rings is 1. The molecule has 3 nitrogen and oxygen atoms in total. The van der Waals surface area contributed by atoms with Crippen LogP contribution in [0.2, 0.25) is 0 Å². The second-order valence-electron chi connectivity index (χ2n) is 3.87. The molecule has 96 valence electrons. The summed E-state index contributed by atoms with van der Waals surface area (Å²) in [6.07, 6.45) is -4.07. The van der Waals surface area contributed by atoms with Crippen LogP contribution in [-0.2, 0) is 0 Å². The molecule has 0 aliphatic rings. The minimum Gasteiger partial charge on any atom is -0.390 e. The molecule has 0 aliphatic carbocycles. The number of rotatable bonds is 6. The second-order valence-corrected chi connectivity index (χ2v) is 3.87. The quantitative estimate of drug-likeness (QED) is 0.714. The largest absolute Gasteiger partial charge is 0.390 e. The molecule has 0 spiro atoms. The zero-order chi connectivity index (χ0) is 12.8. The molecule has 0 heterocycles. The third-order valence-corrected chi connectivity index (χ3v) is 2.58. The number of alkyl halides is 2. The summed E-state index contributed by atoms with van der Waals surface area (Å²) < 4.78 is 24.6. The predicted molar refractivity (Wildman–Crippen MR) is 60.9 cm³/mol. The Balaban J connectivity index is 2.65. The van der Waals surface area contributed by atoms with Crippen LogP contribution in [-0.4, -0.2) is 29.9 Å². The maximum absolute atomic E-state index is 12.3. The fourth-order valence-corrected chi connectivity index (χ4v) is 1.51. The Morgan fingerprint density at radius 2 is 1.65 bits per heavy atom. The molecule has 0 aromatic heterocycles.